The van der Waals surface area contributed by atoms with Crippen molar-refractivity contribution >= 4 is 15.5 Å². The van der Waals surface area contributed by atoms with Gasteiger partial charge in [0.1, 0.15) is 10.9 Å². The first-order valence-electron chi connectivity index (χ1n) is 9.59. The molecule has 0 aliphatic heterocycles. The van der Waals surface area contributed by atoms with E-state index < -0.39 is 21.0 Å². The number of nitriles is 1. The molecule has 1 aliphatic rings. The number of hydrogen-bond acceptors (Lipinski definition) is 4. The molecular formula is C20H25F2N3O2S. The van der Waals surface area contributed by atoms with Gasteiger partial charge >= 0.3 is 0 Å². The smallest absolute Gasteiger partial charge is 0.248 e. The summed E-state index contributed by atoms with van der Waals surface area (Å²) >= 11 is 0. The Morgan fingerprint density at radius 1 is 1.36 bits per heavy atom. The quantitative estimate of drug-likeness (QED) is 0.734. The standard InChI is InChI=1S/C20H25F2N3O2S/c1-4-28(26,27)14(3)19-17(10-15-5-7-20(21,22)8-6-15)25-13(2)9-16(12-23)11-18(25)24-19/h9,11,14-15H,4-8,10H2,1-3H3. The van der Waals surface area contributed by atoms with Crippen LogP contribution >= 0.6 is 0 Å². The number of rotatable bonds is 5. The summed E-state index contributed by atoms with van der Waals surface area (Å²) in [5.41, 5.74) is 3.00. The van der Waals surface area contributed by atoms with Crippen LogP contribution in [0, 0.1) is 24.2 Å². The molecule has 0 saturated heterocycles. The lowest BCUT2D eigenvalue weighted by molar-refractivity contribution is -0.0457. The molecular weight excluding hydrogens is 384 g/mol. The van der Waals surface area contributed by atoms with E-state index in [9.17, 15) is 22.5 Å². The minimum absolute atomic E-state index is 0.000439. The van der Waals surface area contributed by atoms with E-state index in [-0.39, 0.29) is 24.5 Å². The summed E-state index contributed by atoms with van der Waals surface area (Å²) in [6.45, 7) is 5.07. The molecule has 8 heteroatoms. The number of sulfone groups is 1. The Labute approximate surface area is 164 Å². The molecule has 0 aromatic carbocycles. The summed E-state index contributed by atoms with van der Waals surface area (Å²) in [6.07, 6.45) is 1.05. The third kappa shape index (κ3) is 3.90. The number of alkyl halides is 2. The van der Waals surface area contributed by atoms with E-state index in [0.29, 0.717) is 36.2 Å². The average molecular weight is 410 g/mol. The summed E-state index contributed by atoms with van der Waals surface area (Å²) in [5, 5.41) is 8.44. The molecule has 2 heterocycles. The van der Waals surface area contributed by atoms with Crippen LogP contribution in [0.3, 0.4) is 0 Å². The first-order chi connectivity index (χ1) is 13.1. The number of aryl methyl sites for hydroxylation is 1. The minimum Gasteiger partial charge on any atom is -0.301 e. The van der Waals surface area contributed by atoms with Crippen molar-refractivity contribution in [3.63, 3.8) is 0 Å². The fourth-order valence-electron chi connectivity index (χ4n) is 4.04. The molecule has 5 nitrogen and oxygen atoms in total. The normalized spacial score (nSPS) is 18.9. The van der Waals surface area contributed by atoms with E-state index in [0.717, 1.165) is 11.4 Å². The summed E-state index contributed by atoms with van der Waals surface area (Å²) in [5.74, 6) is -2.54. The van der Waals surface area contributed by atoms with Gasteiger partial charge in [0.15, 0.2) is 9.84 Å². The molecule has 0 radical (unpaired) electrons. The highest BCUT2D eigenvalue weighted by Gasteiger charge is 2.36. The molecule has 3 rings (SSSR count). The topological polar surface area (TPSA) is 75.2 Å². The van der Waals surface area contributed by atoms with Crippen molar-refractivity contribution in [3.8, 4) is 6.07 Å². The molecule has 0 amide bonds. The number of fused-ring (bicyclic) bond motifs is 1. The predicted molar refractivity (Wildman–Crippen MR) is 103 cm³/mol. The van der Waals surface area contributed by atoms with Crippen LogP contribution in [-0.4, -0.2) is 29.5 Å². The molecule has 1 fully saturated rings. The lowest BCUT2D eigenvalue weighted by atomic mass is 9.83. The molecule has 1 saturated carbocycles. The number of hydrogen-bond donors (Lipinski definition) is 0. The first kappa shape index (κ1) is 20.7. The fraction of sp³-hybridized carbons (Fsp3) is 0.600. The average Bonchev–Trinajstić information content (AvgIpc) is 3.01. The number of aromatic nitrogens is 2. The van der Waals surface area contributed by atoms with Crippen LogP contribution in [-0.2, 0) is 16.3 Å². The molecule has 2 aromatic rings. The molecule has 1 unspecified atom stereocenters. The molecule has 0 bridgehead atoms. The molecule has 28 heavy (non-hydrogen) atoms. The molecule has 1 atom stereocenters. The van der Waals surface area contributed by atoms with Crippen LogP contribution in [0.5, 0.6) is 0 Å². The Morgan fingerprint density at radius 2 is 2.00 bits per heavy atom. The van der Waals surface area contributed by atoms with E-state index in [4.69, 9.17) is 0 Å². The maximum absolute atomic E-state index is 13.5. The van der Waals surface area contributed by atoms with Crippen molar-refractivity contribution in [2.45, 2.75) is 64.0 Å². The van der Waals surface area contributed by atoms with Gasteiger partial charge in [0.25, 0.3) is 0 Å². The summed E-state index contributed by atoms with van der Waals surface area (Å²) in [6, 6.07) is 5.47. The van der Waals surface area contributed by atoms with E-state index in [2.05, 4.69) is 11.1 Å². The fourth-order valence-corrected chi connectivity index (χ4v) is 5.06. The minimum atomic E-state index is -3.37. The van der Waals surface area contributed by atoms with Crippen molar-refractivity contribution in [1.29, 1.82) is 5.26 Å². The third-order valence-corrected chi connectivity index (χ3v) is 7.91. The zero-order chi connectivity index (χ0) is 20.7. The van der Waals surface area contributed by atoms with E-state index in [1.54, 1.807) is 26.0 Å². The van der Waals surface area contributed by atoms with Crippen LogP contribution in [0.2, 0.25) is 0 Å². The SMILES string of the molecule is CCS(=O)(=O)C(C)c1nc2cc(C#N)cc(C)n2c1CC1CCC(F)(F)CC1. The zero-order valence-electron chi connectivity index (χ0n) is 16.4. The van der Waals surface area contributed by atoms with Crippen LogP contribution in [0.4, 0.5) is 8.78 Å². The molecule has 0 spiro atoms. The number of nitrogens with zero attached hydrogens (tertiary/aromatic N) is 3. The first-order valence-corrected chi connectivity index (χ1v) is 11.3. The van der Waals surface area contributed by atoms with E-state index in [1.807, 2.05) is 11.3 Å². The van der Waals surface area contributed by atoms with Crippen LogP contribution in [0.15, 0.2) is 12.1 Å². The van der Waals surface area contributed by atoms with E-state index >= 15 is 0 Å². The van der Waals surface area contributed by atoms with Crippen molar-refractivity contribution in [1.82, 2.24) is 9.38 Å². The molecule has 0 N–H and O–H groups in total. The molecule has 152 valence electrons. The van der Waals surface area contributed by atoms with Gasteiger partial charge in [-0.25, -0.2) is 22.2 Å². The van der Waals surface area contributed by atoms with Crippen molar-refractivity contribution in [2.24, 2.45) is 5.92 Å². The largest absolute Gasteiger partial charge is 0.301 e. The monoisotopic (exact) mass is 409 g/mol. The second-order valence-electron chi connectivity index (χ2n) is 7.73. The maximum atomic E-state index is 13.5. The van der Waals surface area contributed by atoms with E-state index in [1.165, 1.54) is 0 Å². The maximum Gasteiger partial charge on any atom is 0.248 e. The number of pyridine rings is 1. The Bertz CT molecular complexity index is 1030. The van der Waals surface area contributed by atoms with Gasteiger partial charge in [-0.15, -0.1) is 0 Å². The van der Waals surface area contributed by atoms with Gasteiger partial charge in [0, 0.05) is 30.0 Å². The van der Waals surface area contributed by atoms with Gasteiger partial charge in [0.2, 0.25) is 5.92 Å². The van der Waals surface area contributed by atoms with Gasteiger partial charge in [0.05, 0.1) is 17.3 Å². The predicted octanol–water partition coefficient (Wildman–Crippen LogP) is 4.38. The van der Waals surface area contributed by atoms with Crippen molar-refractivity contribution in [2.75, 3.05) is 5.75 Å². The summed E-state index contributed by atoms with van der Waals surface area (Å²) in [7, 11) is -3.37. The molecule has 2 aromatic heterocycles. The highest BCUT2D eigenvalue weighted by Crippen LogP contribution is 2.39. The van der Waals surface area contributed by atoms with Gasteiger partial charge in [-0.05, 0) is 51.2 Å². The van der Waals surface area contributed by atoms with Crippen LogP contribution in [0.1, 0.15) is 67.4 Å². The van der Waals surface area contributed by atoms with Gasteiger partial charge < -0.3 is 4.40 Å². The Balaban J connectivity index is 2.10. The van der Waals surface area contributed by atoms with Gasteiger partial charge in [-0.2, -0.15) is 5.26 Å². The zero-order valence-corrected chi connectivity index (χ0v) is 17.2. The van der Waals surface area contributed by atoms with Crippen LogP contribution in [0.25, 0.3) is 5.65 Å². The lowest BCUT2D eigenvalue weighted by Crippen LogP contribution is -2.26. The van der Waals surface area contributed by atoms with Crippen molar-refractivity contribution < 1.29 is 17.2 Å². The highest BCUT2D eigenvalue weighted by molar-refractivity contribution is 7.91. The Kier molecular flexibility index (Phi) is 5.50. The van der Waals surface area contributed by atoms with Gasteiger partial charge in [-0.1, -0.05) is 6.92 Å². The second-order valence-corrected chi connectivity index (χ2v) is 10.3. The van der Waals surface area contributed by atoms with Gasteiger partial charge in [-0.3, -0.25) is 0 Å². The summed E-state index contributed by atoms with van der Waals surface area (Å²) in [4.78, 5) is 4.57. The lowest BCUT2D eigenvalue weighted by Gasteiger charge is -2.28. The Morgan fingerprint density at radius 3 is 2.57 bits per heavy atom. The summed E-state index contributed by atoms with van der Waals surface area (Å²) < 4.78 is 54.0. The number of halogens is 2. The Hall–Kier alpha value is -2.01. The molecule has 1 aliphatic carbocycles. The third-order valence-electron chi connectivity index (χ3n) is 5.81. The number of imidazole rings is 1. The second kappa shape index (κ2) is 7.43. The van der Waals surface area contributed by atoms with Crippen LogP contribution < -0.4 is 0 Å². The van der Waals surface area contributed by atoms with Crippen molar-refractivity contribution in [3.05, 3.63) is 34.8 Å². The highest BCUT2D eigenvalue weighted by atomic mass is 32.2.